The van der Waals surface area contributed by atoms with Gasteiger partial charge in [0.05, 0.1) is 17.6 Å². The lowest BCUT2D eigenvalue weighted by molar-refractivity contribution is -0.119. The first kappa shape index (κ1) is 18.7. The van der Waals surface area contributed by atoms with Crippen molar-refractivity contribution in [3.05, 3.63) is 59.2 Å². The fraction of sp³-hybridized carbons (Fsp3) is 0.105. The molecule has 3 heterocycles. The summed E-state index contributed by atoms with van der Waals surface area (Å²) in [6.45, 7) is 1.70. The molecule has 10 heteroatoms. The van der Waals surface area contributed by atoms with Gasteiger partial charge in [0.2, 0.25) is 5.91 Å². The van der Waals surface area contributed by atoms with Crippen molar-refractivity contribution in [2.24, 2.45) is 0 Å². The van der Waals surface area contributed by atoms with Gasteiger partial charge >= 0.3 is 0 Å². The third kappa shape index (κ3) is 4.11. The molecular weight excluding hydrogens is 397 g/mol. The summed E-state index contributed by atoms with van der Waals surface area (Å²) in [5.41, 5.74) is 1.19. The molecule has 0 radical (unpaired) electrons. The summed E-state index contributed by atoms with van der Waals surface area (Å²) in [4.78, 5) is 36.1. The lowest BCUT2D eigenvalue weighted by Crippen LogP contribution is -2.18. The van der Waals surface area contributed by atoms with E-state index in [0.29, 0.717) is 33.4 Å². The Morgan fingerprint density at radius 2 is 2.03 bits per heavy atom. The minimum atomic E-state index is -0.578. The van der Waals surface area contributed by atoms with Gasteiger partial charge in [-0.15, -0.1) is 11.3 Å². The van der Waals surface area contributed by atoms with Crippen molar-refractivity contribution in [1.82, 2.24) is 20.3 Å². The second-order valence-electron chi connectivity index (χ2n) is 6.05. The third-order valence-electron chi connectivity index (χ3n) is 3.93. The summed E-state index contributed by atoms with van der Waals surface area (Å²) in [7, 11) is 0. The molecule has 0 saturated carbocycles. The van der Waals surface area contributed by atoms with Crippen molar-refractivity contribution in [2.75, 3.05) is 5.32 Å². The highest BCUT2D eigenvalue weighted by Gasteiger charge is 2.16. The maximum absolute atomic E-state index is 13.8. The number of fused-ring (bicyclic) bond motifs is 1. The summed E-state index contributed by atoms with van der Waals surface area (Å²) in [6.07, 6.45) is 2.87. The van der Waals surface area contributed by atoms with E-state index in [2.05, 4.69) is 25.6 Å². The van der Waals surface area contributed by atoms with Gasteiger partial charge in [-0.3, -0.25) is 24.9 Å². The molecule has 29 heavy (non-hydrogen) atoms. The second kappa shape index (κ2) is 7.76. The molecular formula is C19H14FN5O3S. The topological polar surface area (TPSA) is 110 Å². The number of anilines is 1. The Morgan fingerprint density at radius 3 is 2.86 bits per heavy atom. The molecule has 0 saturated heterocycles. The number of rotatable bonds is 5. The number of hydrogen-bond donors (Lipinski definition) is 2. The third-order valence-corrected chi connectivity index (χ3v) is 4.69. The first-order valence-corrected chi connectivity index (χ1v) is 9.38. The first-order chi connectivity index (χ1) is 14.0. The number of nitrogens with one attached hydrogen (secondary N) is 2. The quantitative estimate of drug-likeness (QED) is 0.521. The summed E-state index contributed by atoms with van der Waals surface area (Å²) < 4.78 is 19.5. The smallest absolute Gasteiger partial charge is 0.259 e. The molecule has 0 spiro atoms. The molecule has 4 aromatic rings. The Hall–Kier alpha value is -3.66. The van der Waals surface area contributed by atoms with E-state index in [1.165, 1.54) is 36.7 Å². The van der Waals surface area contributed by atoms with Gasteiger partial charge in [0.25, 0.3) is 5.91 Å². The highest BCUT2D eigenvalue weighted by Crippen LogP contribution is 2.27. The zero-order valence-corrected chi connectivity index (χ0v) is 15.9. The van der Waals surface area contributed by atoms with Gasteiger partial charge in [0.1, 0.15) is 22.8 Å². The number of hydrogen-bond acceptors (Lipinski definition) is 7. The molecule has 8 nitrogen and oxygen atoms in total. The molecule has 146 valence electrons. The molecule has 2 N–H and O–H groups in total. The number of nitrogens with zero attached hydrogens (tertiary/aromatic N) is 3. The Morgan fingerprint density at radius 1 is 1.21 bits per heavy atom. The van der Waals surface area contributed by atoms with E-state index in [9.17, 15) is 14.0 Å². The Balaban J connectivity index is 1.53. The number of carbonyl (C=O) groups excluding carboxylic acids is 2. The van der Waals surface area contributed by atoms with E-state index in [4.69, 9.17) is 4.42 Å². The molecule has 4 rings (SSSR count). The fourth-order valence-corrected chi connectivity index (χ4v) is 3.34. The van der Waals surface area contributed by atoms with Crippen molar-refractivity contribution in [2.45, 2.75) is 13.5 Å². The van der Waals surface area contributed by atoms with Gasteiger partial charge in [-0.25, -0.2) is 9.37 Å². The van der Waals surface area contributed by atoms with Crippen LogP contribution in [0.3, 0.4) is 0 Å². The number of aromatic nitrogens is 3. The van der Waals surface area contributed by atoms with Gasteiger partial charge in [0, 0.05) is 30.8 Å². The molecule has 0 unspecified atom stereocenters. The van der Waals surface area contributed by atoms with Crippen LogP contribution in [-0.4, -0.2) is 26.8 Å². The Kier molecular flexibility index (Phi) is 5.00. The maximum Gasteiger partial charge on any atom is 0.259 e. The van der Waals surface area contributed by atoms with Gasteiger partial charge in [0.15, 0.2) is 10.9 Å². The van der Waals surface area contributed by atoms with Crippen LogP contribution < -0.4 is 10.6 Å². The van der Waals surface area contributed by atoms with Crippen LogP contribution in [0.5, 0.6) is 0 Å². The summed E-state index contributed by atoms with van der Waals surface area (Å²) >= 11 is 1.20. The summed E-state index contributed by atoms with van der Waals surface area (Å²) in [5, 5.41) is 7.34. The lowest BCUT2D eigenvalue weighted by Gasteiger charge is -2.05. The predicted octanol–water partition coefficient (Wildman–Crippen LogP) is 3.37. The molecule has 0 fully saturated rings. The zero-order valence-electron chi connectivity index (χ0n) is 15.1. The Labute approximate surface area is 167 Å². The van der Waals surface area contributed by atoms with Crippen LogP contribution in [0.15, 0.2) is 46.5 Å². The average Bonchev–Trinajstić information content (AvgIpc) is 3.35. The van der Waals surface area contributed by atoms with Crippen LogP contribution in [-0.2, 0) is 11.3 Å². The maximum atomic E-state index is 13.8. The van der Waals surface area contributed by atoms with E-state index in [0.717, 1.165) is 6.07 Å². The molecule has 0 aliphatic rings. The van der Waals surface area contributed by atoms with E-state index < -0.39 is 11.7 Å². The van der Waals surface area contributed by atoms with Crippen LogP contribution >= 0.6 is 11.3 Å². The van der Waals surface area contributed by atoms with Crippen molar-refractivity contribution >= 4 is 39.3 Å². The number of furan rings is 1. The predicted molar refractivity (Wildman–Crippen MR) is 105 cm³/mol. The van der Waals surface area contributed by atoms with Crippen LogP contribution in [0, 0.1) is 5.82 Å². The van der Waals surface area contributed by atoms with Crippen molar-refractivity contribution in [3.63, 3.8) is 0 Å². The van der Waals surface area contributed by atoms with Crippen LogP contribution in [0.25, 0.3) is 22.5 Å². The van der Waals surface area contributed by atoms with Crippen molar-refractivity contribution in [3.8, 4) is 11.5 Å². The van der Waals surface area contributed by atoms with Crippen molar-refractivity contribution < 1.29 is 18.4 Å². The van der Waals surface area contributed by atoms with Crippen molar-refractivity contribution in [1.29, 1.82) is 0 Å². The number of amides is 2. The van der Waals surface area contributed by atoms with Gasteiger partial charge in [-0.2, -0.15) is 0 Å². The lowest BCUT2D eigenvalue weighted by atomic mass is 10.1. The first-order valence-electron chi connectivity index (χ1n) is 8.50. The largest absolute Gasteiger partial charge is 0.458 e. The minimum absolute atomic E-state index is 0.0699. The molecule has 0 aliphatic carbocycles. The second-order valence-corrected chi connectivity index (χ2v) is 6.90. The van der Waals surface area contributed by atoms with Crippen LogP contribution in [0.4, 0.5) is 9.52 Å². The monoisotopic (exact) mass is 411 g/mol. The molecule has 2 amide bonds. The average molecular weight is 411 g/mol. The summed E-state index contributed by atoms with van der Waals surface area (Å²) in [6, 6.07) is 5.80. The fourth-order valence-electron chi connectivity index (χ4n) is 2.64. The highest BCUT2D eigenvalue weighted by molar-refractivity contribution is 7.14. The Bertz CT molecular complexity index is 1220. The standard InChI is InChI=1S/C19H14FN5O3S/c1-10(26)23-8-12-2-3-16(28-12)15-9-29-19(24-15)25-18(27)13-6-11(20)7-14-17(13)22-5-4-21-14/h2-7,9H,8H2,1H3,(H,23,26)(H,24,25,27). The SMILES string of the molecule is CC(=O)NCc1ccc(-c2csc(NC(=O)c3cc(F)cc4nccnc34)n2)o1. The highest BCUT2D eigenvalue weighted by atomic mass is 32.1. The zero-order chi connectivity index (χ0) is 20.4. The molecule has 3 aromatic heterocycles. The molecule has 0 bridgehead atoms. The number of benzene rings is 1. The van der Waals surface area contributed by atoms with Crippen LogP contribution in [0.2, 0.25) is 0 Å². The molecule has 1 aromatic carbocycles. The van der Waals surface area contributed by atoms with E-state index in [1.54, 1.807) is 17.5 Å². The van der Waals surface area contributed by atoms with Gasteiger partial charge < -0.3 is 9.73 Å². The molecule has 0 atom stereocenters. The van der Waals surface area contributed by atoms with E-state index >= 15 is 0 Å². The van der Waals surface area contributed by atoms with Gasteiger partial charge in [-0.05, 0) is 18.2 Å². The van der Waals surface area contributed by atoms with E-state index in [1.807, 2.05) is 0 Å². The summed E-state index contributed by atoms with van der Waals surface area (Å²) in [5.74, 6) is -0.189. The number of thiazole rings is 1. The normalized spacial score (nSPS) is 10.8. The van der Waals surface area contributed by atoms with E-state index in [-0.39, 0.29) is 18.0 Å². The number of halogens is 1. The minimum Gasteiger partial charge on any atom is -0.458 e. The molecule has 0 aliphatic heterocycles. The van der Waals surface area contributed by atoms with Crippen LogP contribution in [0.1, 0.15) is 23.0 Å². The number of carbonyl (C=O) groups is 2. The van der Waals surface area contributed by atoms with Gasteiger partial charge in [-0.1, -0.05) is 0 Å².